The standard InChI is InChI=1S/C10H21NO2/c1-4-5-8(2)6-10(3,11)7-9(12)13/h8H,4-7,11H2,1-3H3,(H,12,13). The van der Waals surface area contributed by atoms with Crippen LogP contribution in [-0.4, -0.2) is 16.6 Å². The fraction of sp³-hybridized carbons (Fsp3) is 0.900. The molecule has 3 nitrogen and oxygen atoms in total. The van der Waals surface area contributed by atoms with Crippen LogP contribution in [0.1, 0.15) is 46.5 Å². The lowest BCUT2D eigenvalue weighted by molar-refractivity contribution is -0.138. The number of aliphatic carboxylic acids is 1. The largest absolute Gasteiger partial charge is 0.481 e. The number of rotatable bonds is 6. The van der Waals surface area contributed by atoms with Gasteiger partial charge in [0.25, 0.3) is 0 Å². The topological polar surface area (TPSA) is 63.3 Å². The van der Waals surface area contributed by atoms with Crippen LogP contribution >= 0.6 is 0 Å². The minimum atomic E-state index is -0.811. The Morgan fingerprint density at radius 2 is 2.15 bits per heavy atom. The summed E-state index contributed by atoms with van der Waals surface area (Å²) in [7, 11) is 0. The van der Waals surface area contributed by atoms with Crippen LogP contribution in [0, 0.1) is 5.92 Å². The highest BCUT2D eigenvalue weighted by molar-refractivity contribution is 5.68. The quantitative estimate of drug-likeness (QED) is 0.668. The summed E-state index contributed by atoms with van der Waals surface area (Å²) in [5.74, 6) is -0.298. The van der Waals surface area contributed by atoms with E-state index >= 15 is 0 Å². The van der Waals surface area contributed by atoms with Gasteiger partial charge in [-0.25, -0.2) is 0 Å². The number of carboxylic acid groups (broad SMARTS) is 1. The van der Waals surface area contributed by atoms with Crippen LogP contribution in [0.3, 0.4) is 0 Å². The second-order valence-electron chi connectivity index (χ2n) is 4.32. The molecule has 2 atom stereocenters. The first kappa shape index (κ1) is 12.4. The first-order valence-corrected chi connectivity index (χ1v) is 4.88. The Hall–Kier alpha value is -0.570. The molecule has 0 aliphatic carbocycles. The third-order valence-electron chi connectivity index (χ3n) is 2.15. The van der Waals surface area contributed by atoms with Crippen LogP contribution in [0.25, 0.3) is 0 Å². The van der Waals surface area contributed by atoms with Gasteiger partial charge >= 0.3 is 5.97 Å². The summed E-state index contributed by atoms with van der Waals surface area (Å²) >= 11 is 0. The lowest BCUT2D eigenvalue weighted by Gasteiger charge is -2.26. The highest BCUT2D eigenvalue weighted by Gasteiger charge is 2.24. The van der Waals surface area contributed by atoms with Crippen molar-refractivity contribution in [2.75, 3.05) is 0 Å². The lowest BCUT2D eigenvalue weighted by atomic mass is 9.86. The van der Waals surface area contributed by atoms with Crippen molar-refractivity contribution in [2.24, 2.45) is 11.7 Å². The van der Waals surface area contributed by atoms with Crippen LogP contribution < -0.4 is 5.73 Å². The van der Waals surface area contributed by atoms with Gasteiger partial charge in [-0.1, -0.05) is 26.7 Å². The minimum Gasteiger partial charge on any atom is -0.481 e. The Morgan fingerprint density at radius 1 is 1.62 bits per heavy atom. The number of hydrogen-bond donors (Lipinski definition) is 2. The van der Waals surface area contributed by atoms with E-state index < -0.39 is 11.5 Å². The van der Waals surface area contributed by atoms with E-state index in [0.717, 1.165) is 19.3 Å². The van der Waals surface area contributed by atoms with Gasteiger partial charge in [0.2, 0.25) is 0 Å². The Bertz CT molecular complexity index is 166. The van der Waals surface area contributed by atoms with E-state index in [4.69, 9.17) is 10.8 Å². The molecule has 0 saturated carbocycles. The number of carboxylic acids is 1. The van der Waals surface area contributed by atoms with Gasteiger partial charge < -0.3 is 10.8 Å². The molecule has 0 aliphatic heterocycles. The second-order valence-corrected chi connectivity index (χ2v) is 4.32. The number of carbonyl (C=O) groups is 1. The normalized spacial score (nSPS) is 17.8. The fourth-order valence-corrected chi connectivity index (χ4v) is 1.81. The molecule has 3 heteroatoms. The molecule has 0 radical (unpaired) electrons. The zero-order valence-electron chi connectivity index (χ0n) is 8.84. The molecule has 0 rings (SSSR count). The predicted molar refractivity (Wildman–Crippen MR) is 53.5 cm³/mol. The maximum absolute atomic E-state index is 10.5. The number of hydrogen-bond acceptors (Lipinski definition) is 2. The van der Waals surface area contributed by atoms with Gasteiger partial charge in [0, 0.05) is 5.54 Å². The second kappa shape index (κ2) is 5.22. The molecule has 0 heterocycles. The molecule has 0 aromatic carbocycles. The summed E-state index contributed by atoms with van der Waals surface area (Å²) in [6, 6.07) is 0. The molecule has 0 bridgehead atoms. The van der Waals surface area contributed by atoms with E-state index in [1.54, 1.807) is 0 Å². The maximum Gasteiger partial charge on any atom is 0.305 e. The third kappa shape index (κ3) is 6.58. The predicted octanol–water partition coefficient (Wildman–Crippen LogP) is 2.00. The SMILES string of the molecule is CCCC(C)CC(C)(N)CC(=O)O. The molecule has 0 fully saturated rings. The first-order valence-electron chi connectivity index (χ1n) is 4.88. The molecule has 78 valence electrons. The summed E-state index contributed by atoms with van der Waals surface area (Å²) in [4.78, 5) is 10.5. The molecule has 2 unspecified atom stereocenters. The Morgan fingerprint density at radius 3 is 2.54 bits per heavy atom. The lowest BCUT2D eigenvalue weighted by Crippen LogP contribution is -2.40. The minimum absolute atomic E-state index is 0.0566. The van der Waals surface area contributed by atoms with E-state index in [1.807, 2.05) is 6.92 Å². The van der Waals surface area contributed by atoms with Crippen LogP contribution in [0.2, 0.25) is 0 Å². The molecule has 0 spiro atoms. The highest BCUT2D eigenvalue weighted by Crippen LogP contribution is 2.20. The van der Waals surface area contributed by atoms with Gasteiger partial charge in [-0.2, -0.15) is 0 Å². The van der Waals surface area contributed by atoms with Crippen molar-refractivity contribution in [1.82, 2.24) is 0 Å². The van der Waals surface area contributed by atoms with Crippen molar-refractivity contribution in [1.29, 1.82) is 0 Å². The average Bonchev–Trinajstić information content (AvgIpc) is 1.81. The van der Waals surface area contributed by atoms with Crippen molar-refractivity contribution in [3.8, 4) is 0 Å². The summed E-state index contributed by atoms with van der Waals surface area (Å²) < 4.78 is 0. The van der Waals surface area contributed by atoms with Gasteiger partial charge in [-0.05, 0) is 19.3 Å². The molecule has 0 amide bonds. The zero-order valence-corrected chi connectivity index (χ0v) is 8.84. The smallest absolute Gasteiger partial charge is 0.305 e. The van der Waals surface area contributed by atoms with Crippen molar-refractivity contribution in [3.63, 3.8) is 0 Å². The third-order valence-corrected chi connectivity index (χ3v) is 2.15. The fourth-order valence-electron chi connectivity index (χ4n) is 1.81. The Balaban J connectivity index is 3.92. The highest BCUT2D eigenvalue weighted by atomic mass is 16.4. The molecule has 13 heavy (non-hydrogen) atoms. The zero-order chi connectivity index (χ0) is 10.5. The van der Waals surface area contributed by atoms with Gasteiger partial charge in [-0.15, -0.1) is 0 Å². The summed E-state index contributed by atoms with van der Waals surface area (Å²) in [6.07, 6.45) is 3.09. The molecular weight excluding hydrogens is 166 g/mol. The molecule has 0 aliphatic rings. The van der Waals surface area contributed by atoms with Gasteiger partial charge in [0.1, 0.15) is 0 Å². The summed E-state index contributed by atoms with van der Waals surface area (Å²) in [5, 5.41) is 8.61. The Kier molecular flexibility index (Phi) is 4.99. The van der Waals surface area contributed by atoms with E-state index in [2.05, 4.69) is 13.8 Å². The van der Waals surface area contributed by atoms with Crippen LogP contribution in [0.4, 0.5) is 0 Å². The Labute approximate surface area is 80.3 Å². The summed E-state index contributed by atoms with van der Waals surface area (Å²) in [6.45, 7) is 6.06. The maximum atomic E-state index is 10.5. The monoisotopic (exact) mass is 187 g/mol. The van der Waals surface area contributed by atoms with Gasteiger partial charge in [0.05, 0.1) is 6.42 Å². The van der Waals surface area contributed by atoms with E-state index in [1.165, 1.54) is 0 Å². The van der Waals surface area contributed by atoms with Crippen LogP contribution in [-0.2, 0) is 4.79 Å². The first-order chi connectivity index (χ1) is 5.87. The van der Waals surface area contributed by atoms with Crippen molar-refractivity contribution < 1.29 is 9.90 Å². The molecular formula is C10H21NO2. The van der Waals surface area contributed by atoms with E-state index in [9.17, 15) is 4.79 Å². The van der Waals surface area contributed by atoms with Crippen LogP contribution in [0.15, 0.2) is 0 Å². The molecule has 0 saturated heterocycles. The summed E-state index contributed by atoms with van der Waals surface area (Å²) in [5.41, 5.74) is 5.31. The molecule has 0 aromatic heterocycles. The van der Waals surface area contributed by atoms with E-state index in [-0.39, 0.29) is 6.42 Å². The van der Waals surface area contributed by atoms with Crippen molar-refractivity contribution >= 4 is 5.97 Å². The van der Waals surface area contributed by atoms with Gasteiger partial charge in [-0.3, -0.25) is 4.79 Å². The van der Waals surface area contributed by atoms with Crippen LogP contribution in [0.5, 0.6) is 0 Å². The van der Waals surface area contributed by atoms with Gasteiger partial charge in [0.15, 0.2) is 0 Å². The van der Waals surface area contributed by atoms with Crippen molar-refractivity contribution in [3.05, 3.63) is 0 Å². The average molecular weight is 187 g/mol. The molecule has 3 N–H and O–H groups in total. The van der Waals surface area contributed by atoms with Crippen molar-refractivity contribution in [2.45, 2.75) is 52.0 Å². The molecule has 0 aromatic rings. The van der Waals surface area contributed by atoms with E-state index in [0.29, 0.717) is 5.92 Å². The number of nitrogens with two attached hydrogens (primary N) is 1.